The molecule has 51 heavy (non-hydrogen) atoms. The lowest BCUT2D eigenvalue weighted by atomic mass is 9.74. The molecule has 0 radical (unpaired) electrons. The topological polar surface area (TPSA) is 117 Å². The smallest absolute Gasteiger partial charge is 0.313 e. The quantitative estimate of drug-likeness (QED) is 0.188. The van der Waals surface area contributed by atoms with Crippen molar-refractivity contribution in [3.63, 3.8) is 0 Å². The van der Waals surface area contributed by atoms with Gasteiger partial charge in [-0.1, -0.05) is 92.0 Å². The summed E-state index contributed by atoms with van der Waals surface area (Å²) < 4.78 is 13.7. The number of allylic oxidation sites excluding steroid dienone is 1. The number of carbonyl (C=O) groups excluding carboxylic acids is 4. The summed E-state index contributed by atoms with van der Waals surface area (Å²) in [7, 11) is 1.72. The van der Waals surface area contributed by atoms with Crippen LogP contribution in [0.3, 0.4) is 0 Å². The van der Waals surface area contributed by atoms with E-state index in [1.165, 1.54) is 0 Å². The van der Waals surface area contributed by atoms with Crippen LogP contribution in [0.25, 0.3) is 0 Å². The highest BCUT2D eigenvalue weighted by atomic mass is 79.9. The molecule has 0 aliphatic carbocycles. The Balaban J connectivity index is 1.63. The summed E-state index contributed by atoms with van der Waals surface area (Å²) in [4.78, 5) is 63.2. The maximum atomic E-state index is 15.3. The summed E-state index contributed by atoms with van der Waals surface area (Å²) in [6.07, 6.45) is 8.46. The summed E-state index contributed by atoms with van der Waals surface area (Å²) in [6, 6.07) is 7.84. The number of rotatable bonds is 9. The molecule has 1 N–H and O–H groups in total. The number of fused-ring (bicyclic) bond motifs is 2. The predicted octanol–water partition coefficient (Wildman–Crippen LogP) is 5.94. The van der Waals surface area contributed by atoms with Crippen molar-refractivity contribution in [2.45, 2.75) is 122 Å². The van der Waals surface area contributed by atoms with Gasteiger partial charge in [0.25, 0.3) is 0 Å². The first-order valence-corrected chi connectivity index (χ1v) is 19.3. The second-order valence-electron chi connectivity index (χ2n) is 16.5. The fourth-order valence-corrected chi connectivity index (χ4v) is 9.57. The summed E-state index contributed by atoms with van der Waals surface area (Å²) in [6.45, 7) is 13.1. The minimum absolute atomic E-state index is 0.0915. The highest BCUT2D eigenvalue weighted by molar-refractivity contribution is 9.11. The number of cyclic esters (lactones) is 1. The molecule has 4 aliphatic heterocycles. The maximum Gasteiger partial charge on any atom is 0.313 e. The molecule has 0 aromatic heterocycles. The summed E-state index contributed by atoms with van der Waals surface area (Å²) in [5, 5.41) is 9.33. The van der Waals surface area contributed by atoms with Crippen LogP contribution < -0.4 is 0 Å². The Hall–Kier alpha value is -3.02. The van der Waals surface area contributed by atoms with E-state index in [0.717, 1.165) is 18.4 Å². The van der Waals surface area contributed by atoms with E-state index in [9.17, 15) is 19.5 Å². The third-order valence-electron chi connectivity index (χ3n) is 11.0. The molecule has 11 heteroatoms. The van der Waals surface area contributed by atoms with Gasteiger partial charge in [-0.2, -0.15) is 0 Å². The van der Waals surface area contributed by atoms with Crippen LogP contribution in [0.1, 0.15) is 98.2 Å². The molecular weight excluding hydrogens is 714 g/mol. The van der Waals surface area contributed by atoms with E-state index >= 15 is 4.79 Å². The number of amides is 3. The number of nitrogens with zero attached hydrogens (tertiary/aromatic N) is 3. The zero-order valence-electron chi connectivity index (χ0n) is 31.3. The van der Waals surface area contributed by atoms with Gasteiger partial charge in [-0.3, -0.25) is 19.2 Å². The maximum absolute atomic E-state index is 15.3. The van der Waals surface area contributed by atoms with Crippen LogP contribution in [0.2, 0.25) is 0 Å². The molecular formula is C40H56BrN3O7. The number of likely N-dealkylation sites (tertiary alicyclic amines) is 1. The van der Waals surface area contributed by atoms with Crippen LogP contribution in [0.5, 0.6) is 0 Å². The predicted molar refractivity (Wildman–Crippen MR) is 198 cm³/mol. The number of benzene rings is 1. The van der Waals surface area contributed by atoms with Crippen molar-refractivity contribution in [3.8, 4) is 0 Å². The largest absolute Gasteiger partial charge is 0.455 e. The molecule has 5 rings (SSSR count). The number of ether oxygens (including phenoxy) is 2. The van der Waals surface area contributed by atoms with Crippen LogP contribution in [0, 0.1) is 17.3 Å². The number of carbonyl (C=O) groups is 4. The van der Waals surface area contributed by atoms with Crippen LogP contribution >= 0.6 is 15.9 Å². The molecule has 4 heterocycles. The Morgan fingerprint density at radius 1 is 0.941 bits per heavy atom. The third-order valence-corrected chi connectivity index (χ3v) is 11.7. The molecule has 7 atom stereocenters. The third kappa shape index (κ3) is 7.86. The van der Waals surface area contributed by atoms with Crippen molar-refractivity contribution in [3.05, 3.63) is 58.6 Å². The fraction of sp³-hybridized carbons (Fsp3) is 0.650. The van der Waals surface area contributed by atoms with Gasteiger partial charge in [0, 0.05) is 43.2 Å². The van der Waals surface area contributed by atoms with Crippen LogP contribution in [0.4, 0.5) is 0 Å². The van der Waals surface area contributed by atoms with Crippen molar-refractivity contribution < 1.29 is 33.8 Å². The van der Waals surface area contributed by atoms with Gasteiger partial charge in [-0.25, -0.2) is 0 Å². The average molecular weight is 771 g/mol. The number of halogens is 1. The lowest BCUT2D eigenvalue weighted by molar-refractivity contribution is -0.164. The van der Waals surface area contributed by atoms with E-state index in [1.54, 1.807) is 16.8 Å². The van der Waals surface area contributed by atoms with E-state index in [4.69, 9.17) is 9.47 Å². The number of likely N-dealkylation sites (N-methyl/N-ethyl adjacent to an activating group) is 1. The highest BCUT2D eigenvalue weighted by Gasteiger charge is 2.75. The van der Waals surface area contributed by atoms with Crippen molar-refractivity contribution in [2.24, 2.45) is 17.3 Å². The lowest BCUT2D eigenvalue weighted by Gasteiger charge is -2.45. The van der Waals surface area contributed by atoms with Crippen LogP contribution in [-0.4, -0.2) is 99.6 Å². The van der Waals surface area contributed by atoms with Crippen molar-refractivity contribution in [1.29, 1.82) is 0 Å². The normalized spacial score (nSPS) is 31.2. The minimum Gasteiger partial charge on any atom is -0.455 e. The van der Waals surface area contributed by atoms with E-state index in [0.29, 0.717) is 36.7 Å². The molecule has 1 aromatic rings. The summed E-state index contributed by atoms with van der Waals surface area (Å²) >= 11 is 3.67. The molecule has 5 bridgehead atoms. The molecule has 280 valence electrons. The van der Waals surface area contributed by atoms with E-state index in [2.05, 4.69) is 50.5 Å². The summed E-state index contributed by atoms with van der Waals surface area (Å²) in [5.41, 5.74) is -1.36. The molecule has 2 saturated heterocycles. The second kappa shape index (κ2) is 15.5. The molecule has 10 nitrogen and oxygen atoms in total. The molecule has 1 aromatic carbocycles. The van der Waals surface area contributed by atoms with Crippen LogP contribution in [0.15, 0.2) is 53.0 Å². The summed E-state index contributed by atoms with van der Waals surface area (Å²) in [5.74, 6) is -3.18. The SMILES string of the molecule is C[C@H]1[C@H](c2ccccc2)OC(=O)[C@H]2[C@@H]3O[C@@]4(C=C3Br)[C@@H]2C(=O)N(CCCCCCO)[C@@H]4C(=O)N(C(C)(C)CC(C)(C)C)C/C=C\CCC(=O)N1C. The molecule has 0 unspecified atom stereocenters. The standard InChI is InChI=1S/C40H56BrN3O7/c1-26-32(27-18-12-10-13-19-27)50-37(49)30-31-35(47)43(21-15-8-9-17-23-45)34(40(31)24-28(41)33(30)51-40)36(48)44(39(5,6)25-38(2,3)4)22-16-11-14-20-29(46)42(26)7/h10-13,16,18-19,24,26,30-34,45H,8-9,14-15,17,20-23,25H2,1-7H3/b16-11-/t26-,30+,31-,32+,33+,34+,40-/m0/s1. The first kappa shape index (κ1) is 39.2. The first-order valence-electron chi connectivity index (χ1n) is 18.5. The first-order chi connectivity index (χ1) is 24.0. The van der Waals surface area contributed by atoms with Gasteiger partial charge in [0.1, 0.15) is 29.8 Å². The highest BCUT2D eigenvalue weighted by Crippen LogP contribution is 2.59. The van der Waals surface area contributed by atoms with E-state index < -0.39 is 53.2 Å². The second-order valence-corrected chi connectivity index (χ2v) is 17.4. The monoisotopic (exact) mass is 769 g/mol. The van der Waals surface area contributed by atoms with Gasteiger partial charge < -0.3 is 29.3 Å². The van der Waals surface area contributed by atoms with Gasteiger partial charge in [0.2, 0.25) is 17.7 Å². The Bertz CT molecular complexity index is 1520. The molecule has 4 aliphatic rings. The van der Waals surface area contributed by atoms with Crippen molar-refractivity contribution in [2.75, 3.05) is 26.7 Å². The Morgan fingerprint density at radius 2 is 1.63 bits per heavy atom. The van der Waals surface area contributed by atoms with Gasteiger partial charge in [-0.15, -0.1) is 0 Å². The van der Waals surface area contributed by atoms with Gasteiger partial charge in [0.15, 0.2) is 0 Å². The molecule has 2 fully saturated rings. The Morgan fingerprint density at radius 3 is 2.29 bits per heavy atom. The zero-order valence-corrected chi connectivity index (χ0v) is 32.9. The molecule has 3 amide bonds. The lowest BCUT2D eigenvalue weighted by Crippen LogP contribution is -2.60. The molecule has 1 spiro atoms. The van der Waals surface area contributed by atoms with Gasteiger partial charge >= 0.3 is 5.97 Å². The average Bonchev–Trinajstić information content (AvgIpc) is 3.65. The van der Waals surface area contributed by atoms with E-state index in [1.807, 2.05) is 60.4 Å². The molecule has 0 saturated carbocycles. The number of hydrogen-bond donors (Lipinski definition) is 1. The van der Waals surface area contributed by atoms with E-state index in [-0.39, 0.29) is 42.7 Å². The number of hydrogen-bond acceptors (Lipinski definition) is 7. The minimum atomic E-state index is -1.37. The Labute approximate surface area is 311 Å². The number of aliphatic hydroxyl groups is 1. The number of aliphatic hydroxyl groups excluding tert-OH is 1. The zero-order chi connectivity index (χ0) is 37.3. The number of unbranched alkanes of at least 4 members (excludes halogenated alkanes) is 3. The van der Waals surface area contributed by atoms with Gasteiger partial charge in [0.05, 0.1) is 12.0 Å². The van der Waals surface area contributed by atoms with Gasteiger partial charge in [-0.05, 0) is 63.5 Å². The van der Waals surface area contributed by atoms with Crippen LogP contribution in [-0.2, 0) is 28.7 Å². The fourth-order valence-electron chi connectivity index (χ4n) is 8.83. The number of esters is 1. The van der Waals surface area contributed by atoms with Crippen molar-refractivity contribution in [1.82, 2.24) is 14.7 Å². The Kier molecular flexibility index (Phi) is 11.9. The van der Waals surface area contributed by atoms with Crippen molar-refractivity contribution >= 4 is 39.6 Å².